The Labute approximate surface area is 282 Å². The fourth-order valence-electron chi connectivity index (χ4n) is 5.67. The Morgan fingerprint density at radius 2 is 1.49 bits per heavy atom. The molecular formula is C39H36IrN4O+. The smallest absolute Gasteiger partial charge is 0.510 e. The van der Waals surface area contributed by atoms with Crippen molar-refractivity contribution in [1.29, 1.82) is 0 Å². The first-order chi connectivity index (χ1) is 22.2. The molecule has 0 N–H and O–H groups in total. The van der Waals surface area contributed by atoms with E-state index in [9.17, 15) is 0 Å². The minimum atomic E-state index is -2.39. The van der Waals surface area contributed by atoms with Crippen molar-refractivity contribution in [3.63, 3.8) is 0 Å². The summed E-state index contributed by atoms with van der Waals surface area (Å²) in [6.45, 7) is 10.6. The third-order valence-corrected chi connectivity index (χ3v) is 8.12. The average Bonchev–Trinajstić information content (AvgIpc) is 3.57. The van der Waals surface area contributed by atoms with Crippen LogP contribution in [0.15, 0.2) is 91.1 Å². The van der Waals surface area contributed by atoms with Gasteiger partial charge in [0.1, 0.15) is 5.82 Å². The number of rotatable bonds is 4. The van der Waals surface area contributed by atoms with Gasteiger partial charge in [0.2, 0.25) is 6.33 Å². The zero-order valence-corrected chi connectivity index (χ0v) is 28.6. The van der Waals surface area contributed by atoms with Crippen molar-refractivity contribution in [3.8, 4) is 23.0 Å². The van der Waals surface area contributed by atoms with Crippen molar-refractivity contribution in [2.24, 2.45) is 6.98 Å². The Morgan fingerprint density at radius 1 is 0.756 bits per heavy atom. The summed E-state index contributed by atoms with van der Waals surface area (Å²) >= 11 is 0. The monoisotopic (exact) mass is 772 g/mol. The van der Waals surface area contributed by atoms with Gasteiger partial charge in [-0.2, -0.15) is 17.7 Å². The zero-order valence-electron chi connectivity index (χ0n) is 29.2. The predicted molar refractivity (Wildman–Crippen MR) is 177 cm³/mol. The van der Waals surface area contributed by atoms with Crippen LogP contribution in [0.5, 0.6) is 11.5 Å². The van der Waals surface area contributed by atoms with Crippen LogP contribution in [-0.2, 0) is 37.9 Å². The van der Waals surface area contributed by atoms with E-state index >= 15 is 0 Å². The van der Waals surface area contributed by atoms with Crippen molar-refractivity contribution in [2.75, 3.05) is 0 Å². The molecule has 3 heterocycles. The predicted octanol–water partition coefficient (Wildman–Crippen LogP) is 8.73. The summed E-state index contributed by atoms with van der Waals surface area (Å²) in [7, 11) is 0. The normalized spacial score (nSPS) is 13.4. The molecule has 0 fully saturated rings. The molecule has 0 atom stereocenters. The number of pyridine rings is 1. The molecular weight excluding hydrogens is 733 g/mol. The zero-order chi connectivity index (χ0) is 33.3. The number of aryl methyl sites for hydroxylation is 1. The summed E-state index contributed by atoms with van der Waals surface area (Å²) in [6, 6.07) is 34.8. The quantitative estimate of drug-likeness (QED) is 0.133. The summed E-state index contributed by atoms with van der Waals surface area (Å²) in [5, 5.41) is 2.15. The van der Waals surface area contributed by atoms with Gasteiger partial charge in [0, 0.05) is 23.2 Å². The molecule has 0 unspecified atom stereocenters. The summed E-state index contributed by atoms with van der Waals surface area (Å²) in [5.74, 6) is 1.84. The molecule has 0 amide bonds. The molecule has 3 aromatic heterocycles. The maximum atomic E-state index is 8.10. The minimum absolute atomic E-state index is 0. The van der Waals surface area contributed by atoms with Gasteiger partial charge in [-0.25, -0.2) is 4.98 Å². The van der Waals surface area contributed by atoms with Gasteiger partial charge in [-0.15, -0.1) is 29.7 Å². The Morgan fingerprint density at radius 3 is 2.24 bits per heavy atom. The SMILES string of the molecule is [2H]C([2H])([2H])[n+]1[c-]n(-c2[c-]c(Oc3[c-]c4c(cc3)c3ccccc3n4-c3cc(C(C)(C)C)ccn3)cc(C(C)(C)C)c2)c2ccccc21.[Ir+3]. The first kappa shape index (κ1) is 27.1. The Kier molecular flexibility index (Phi) is 6.79. The standard InChI is InChI=1S/C39H36N4O.Ir/c1-38(2,3)26-18-19-40-37(22-26)43-33-13-9-8-12-31(33)32-17-16-29(24-36(32)43)44-30-21-27(39(4,5)6)20-28(23-30)42-25-41(7)34-14-10-11-15-35(34)42;/h8-22H,1-7H3;/q-2;+3/i7D3;. The van der Waals surface area contributed by atoms with E-state index in [1.54, 1.807) is 10.6 Å². The van der Waals surface area contributed by atoms with Crippen molar-refractivity contribution in [3.05, 3.63) is 121 Å². The Hall–Kier alpha value is -4.25. The Bertz CT molecular complexity index is 2310. The van der Waals surface area contributed by atoms with Crippen LogP contribution in [0, 0.1) is 18.5 Å². The molecule has 5 nitrogen and oxygen atoms in total. The van der Waals surface area contributed by atoms with Crippen LogP contribution in [0.1, 0.15) is 56.8 Å². The second-order valence-electron chi connectivity index (χ2n) is 13.3. The Balaban J connectivity index is 0.00000401. The number of aromatic nitrogens is 4. The van der Waals surface area contributed by atoms with Gasteiger partial charge in [0.25, 0.3) is 0 Å². The van der Waals surface area contributed by atoms with Crippen molar-refractivity contribution in [1.82, 2.24) is 14.1 Å². The molecule has 7 aromatic rings. The molecule has 4 aromatic carbocycles. The first-order valence-electron chi connectivity index (χ1n) is 16.3. The molecule has 0 aliphatic rings. The van der Waals surface area contributed by atoms with E-state index in [1.165, 1.54) is 10.1 Å². The molecule has 6 heteroatoms. The molecule has 0 aliphatic heterocycles. The van der Waals surface area contributed by atoms with E-state index in [0.717, 1.165) is 33.2 Å². The average molecular weight is 772 g/mol. The fraction of sp³-hybridized carbons (Fsp3) is 0.231. The number of benzene rings is 4. The van der Waals surface area contributed by atoms with E-state index in [4.69, 9.17) is 13.8 Å². The first-order valence-corrected chi connectivity index (χ1v) is 14.8. The maximum Gasteiger partial charge on any atom is 3.00 e. The number of imidazole rings is 1. The van der Waals surface area contributed by atoms with E-state index in [0.29, 0.717) is 28.2 Å². The van der Waals surface area contributed by atoms with E-state index in [1.807, 2.05) is 54.7 Å². The molecule has 0 radical (unpaired) electrons. The van der Waals surface area contributed by atoms with E-state index in [-0.39, 0.29) is 30.9 Å². The number of para-hydroxylation sites is 3. The summed E-state index contributed by atoms with van der Waals surface area (Å²) in [4.78, 5) is 4.78. The van der Waals surface area contributed by atoms with Crippen molar-refractivity contribution >= 4 is 32.8 Å². The number of ether oxygens (including phenoxy) is 1. The van der Waals surface area contributed by atoms with E-state index in [2.05, 4.69) is 94.9 Å². The number of fused-ring (bicyclic) bond motifs is 4. The largest absolute Gasteiger partial charge is 3.00 e. The number of hydrogen-bond donors (Lipinski definition) is 0. The van der Waals surface area contributed by atoms with Gasteiger partial charge in [0.05, 0.1) is 22.1 Å². The van der Waals surface area contributed by atoms with Crippen LogP contribution < -0.4 is 9.30 Å². The second-order valence-corrected chi connectivity index (χ2v) is 13.3. The second kappa shape index (κ2) is 11.3. The van der Waals surface area contributed by atoms with Crippen LogP contribution in [0.2, 0.25) is 0 Å². The summed E-state index contributed by atoms with van der Waals surface area (Å²) in [6.07, 6.45) is 4.93. The van der Waals surface area contributed by atoms with Crippen molar-refractivity contribution in [2.45, 2.75) is 52.4 Å². The van der Waals surface area contributed by atoms with Crippen LogP contribution in [0.25, 0.3) is 44.3 Å². The molecule has 45 heavy (non-hydrogen) atoms. The molecule has 0 saturated carbocycles. The molecule has 0 bridgehead atoms. The molecule has 226 valence electrons. The fourth-order valence-corrected chi connectivity index (χ4v) is 5.67. The summed E-state index contributed by atoms with van der Waals surface area (Å²) in [5.41, 5.74) is 5.72. The van der Waals surface area contributed by atoms with Gasteiger partial charge < -0.3 is 18.4 Å². The van der Waals surface area contributed by atoms with Crippen molar-refractivity contribution < 1.29 is 33.5 Å². The minimum Gasteiger partial charge on any atom is -0.510 e. The van der Waals surface area contributed by atoms with Gasteiger partial charge in [-0.1, -0.05) is 95.2 Å². The third-order valence-electron chi connectivity index (χ3n) is 8.12. The number of hydrogen-bond acceptors (Lipinski definition) is 2. The van der Waals surface area contributed by atoms with E-state index < -0.39 is 6.98 Å². The van der Waals surface area contributed by atoms with Gasteiger partial charge >= 0.3 is 20.1 Å². The molecule has 0 spiro atoms. The van der Waals surface area contributed by atoms with Crippen LogP contribution in [0.4, 0.5) is 0 Å². The topological polar surface area (TPSA) is 35.9 Å². The molecule has 0 saturated heterocycles. The molecule has 7 rings (SSSR count). The summed E-state index contributed by atoms with van der Waals surface area (Å²) < 4.78 is 35.9. The van der Waals surface area contributed by atoms with Gasteiger partial charge in [-0.3, -0.25) is 0 Å². The third kappa shape index (κ3) is 5.58. The van der Waals surface area contributed by atoms with Crippen LogP contribution in [0.3, 0.4) is 0 Å². The number of nitrogens with zero attached hydrogens (tertiary/aromatic N) is 4. The molecule has 0 aliphatic carbocycles. The van der Waals surface area contributed by atoms with Crippen LogP contribution >= 0.6 is 0 Å². The van der Waals surface area contributed by atoms with Crippen LogP contribution in [-0.4, -0.2) is 14.1 Å². The maximum absolute atomic E-state index is 8.10. The van der Waals surface area contributed by atoms with Gasteiger partial charge in [0.15, 0.2) is 0 Å². The van der Waals surface area contributed by atoms with Gasteiger partial charge in [-0.05, 0) is 40.0 Å².